The number of nitrogens with one attached hydrogen (secondary N) is 1. The van der Waals surface area contributed by atoms with E-state index in [0.29, 0.717) is 16.3 Å². The SMILES string of the molecule is COc1cc(Cl)c(C)cc1NC1=NC(C)CC(C)S1. The summed E-state index contributed by atoms with van der Waals surface area (Å²) in [5, 5.41) is 5.60. The van der Waals surface area contributed by atoms with Crippen molar-refractivity contribution in [1.82, 2.24) is 0 Å². The Bertz CT molecular complexity index is 504. The highest BCUT2D eigenvalue weighted by molar-refractivity contribution is 8.14. The number of aliphatic imine (C=N–C) groups is 1. The summed E-state index contributed by atoms with van der Waals surface area (Å²) in [6.07, 6.45) is 1.12. The summed E-state index contributed by atoms with van der Waals surface area (Å²) in [6, 6.07) is 4.19. The summed E-state index contributed by atoms with van der Waals surface area (Å²) in [4.78, 5) is 4.64. The number of ether oxygens (including phenoxy) is 1. The maximum absolute atomic E-state index is 6.11. The van der Waals surface area contributed by atoms with Gasteiger partial charge in [-0.3, -0.25) is 4.99 Å². The van der Waals surface area contributed by atoms with Crippen molar-refractivity contribution in [1.29, 1.82) is 0 Å². The first-order valence-corrected chi connectivity index (χ1v) is 7.61. The van der Waals surface area contributed by atoms with Crippen LogP contribution in [0.1, 0.15) is 25.8 Å². The molecule has 0 spiro atoms. The molecule has 104 valence electrons. The maximum Gasteiger partial charge on any atom is 0.161 e. The van der Waals surface area contributed by atoms with Gasteiger partial charge in [-0.2, -0.15) is 0 Å². The van der Waals surface area contributed by atoms with Crippen molar-refractivity contribution in [2.45, 2.75) is 38.5 Å². The number of aryl methyl sites for hydroxylation is 1. The minimum Gasteiger partial charge on any atom is -0.495 e. The summed E-state index contributed by atoms with van der Waals surface area (Å²) in [5.74, 6) is 0.741. The molecule has 2 unspecified atom stereocenters. The van der Waals surface area contributed by atoms with E-state index in [1.54, 1.807) is 18.9 Å². The second kappa shape index (κ2) is 6.06. The fourth-order valence-electron chi connectivity index (χ4n) is 2.11. The lowest BCUT2D eigenvalue weighted by Gasteiger charge is -2.23. The molecule has 1 aromatic carbocycles. The molecular formula is C14H19ClN2OS. The second-order valence-corrected chi connectivity index (χ2v) is 6.71. The summed E-state index contributed by atoms with van der Waals surface area (Å²) >= 11 is 7.87. The van der Waals surface area contributed by atoms with E-state index < -0.39 is 0 Å². The summed E-state index contributed by atoms with van der Waals surface area (Å²) in [7, 11) is 1.65. The van der Waals surface area contributed by atoms with Crippen LogP contribution in [0, 0.1) is 6.92 Å². The molecule has 1 aromatic rings. The zero-order valence-corrected chi connectivity index (χ0v) is 13.2. The lowest BCUT2D eigenvalue weighted by Crippen LogP contribution is -2.22. The Morgan fingerprint density at radius 3 is 2.79 bits per heavy atom. The Morgan fingerprint density at radius 1 is 1.42 bits per heavy atom. The van der Waals surface area contributed by atoms with Crippen LogP contribution in [-0.2, 0) is 0 Å². The highest BCUT2D eigenvalue weighted by Gasteiger charge is 2.19. The Morgan fingerprint density at radius 2 is 2.16 bits per heavy atom. The molecule has 0 saturated heterocycles. The first-order valence-electron chi connectivity index (χ1n) is 6.35. The van der Waals surface area contributed by atoms with Gasteiger partial charge in [0.05, 0.1) is 18.8 Å². The molecule has 1 N–H and O–H groups in total. The molecule has 1 aliphatic heterocycles. The van der Waals surface area contributed by atoms with Crippen LogP contribution in [0.5, 0.6) is 5.75 Å². The van der Waals surface area contributed by atoms with Crippen LogP contribution in [-0.4, -0.2) is 23.6 Å². The lowest BCUT2D eigenvalue weighted by molar-refractivity contribution is 0.417. The number of methoxy groups -OCH3 is 1. The van der Waals surface area contributed by atoms with Crippen molar-refractivity contribution in [3.8, 4) is 5.75 Å². The number of amidine groups is 1. The Hall–Kier alpha value is -0.870. The quantitative estimate of drug-likeness (QED) is 0.882. The first-order chi connectivity index (χ1) is 8.99. The Labute approximate surface area is 123 Å². The van der Waals surface area contributed by atoms with E-state index in [2.05, 4.69) is 24.2 Å². The molecule has 0 aromatic heterocycles. The van der Waals surface area contributed by atoms with E-state index in [1.807, 2.05) is 19.1 Å². The van der Waals surface area contributed by atoms with Crippen LogP contribution in [0.15, 0.2) is 17.1 Å². The van der Waals surface area contributed by atoms with Gasteiger partial charge in [0.25, 0.3) is 0 Å². The number of nitrogens with zero attached hydrogens (tertiary/aromatic N) is 1. The van der Waals surface area contributed by atoms with E-state index in [4.69, 9.17) is 16.3 Å². The number of hydrogen-bond acceptors (Lipinski definition) is 4. The molecule has 3 nitrogen and oxygen atoms in total. The van der Waals surface area contributed by atoms with E-state index in [0.717, 1.165) is 28.6 Å². The fourth-order valence-corrected chi connectivity index (χ4v) is 3.43. The van der Waals surface area contributed by atoms with Crippen LogP contribution in [0.2, 0.25) is 5.02 Å². The highest BCUT2D eigenvalue weighted by Crippen LogP contribution is 2.33. The molecule has 0 aliphatic carbocycles. The van der Waals surface area contributed by atoms with Crippen molar-refractivity contribution < 1.29 is 4.74 Å². The van der Waals surface area contributed by atoms with Gasteiger partial charge in [0.15, 0.2) is 5.17 Å². The van der Waals surface area contributed by atoms with E-state index in [-0.39, 0.29) is 0 Å². The van der Waals surface area contributed by atoms with Gasteiger partial charge in [-0.15, -0.1) is 0 Å². The van der Waals surface area contributed by atoms with Gasteiger partial charge < -0.3 is 10.1 Å². The average Bonchev–Trinajstić information content (AvgIpc) is 2.32. The van der Waals surface area contributed by atoms with Crippen molar-refractivity contribution in [3.05, 3.63) is 22.7 Å². The standard InChI is InChI=1S/C14H19ClN2OS/c1-8-5-12(13(18-4)7-11(8)15)17-14-16-9(2)6-10(3)19-14/h5,7,9-10H,6H2,1-4H3,(H,16,17). The van der Waals surface area contributed by atoms with Crippen molar-refractivity contribution >= 4 is 34.2 Å². The summed E-state index contributed by atoms with van der Waals surface area (Å²) in [6.45, 7) is 6.35. The number of thioether (sulfide) groups is 1. The molecule has 0 fully saturated rings. The smallest absolute Gasteiger partial charge is 0.161 e. The van der Waals surface area contributed by atoms with E-state index >= 15 is 0 Å². The predicted octanol–water partition coefficient (Wildman–Crippen LogP) is 4.34. The van der Waals surface area contributed by atoms with Crippen LogP contribution < -0.4 is 10.1 Å². The number of benzene rings is 1. The third kappa shape index (κ3) is 3.57. The lowest BCUT2D eigenvalue weighted by atomic mass is 10.2. The Balaban J connectivity index is 2.25. The largest absolute Gasteiger partial charge is 0.495 e. The van der Waals surface area contributed by atoms with Crippen LogP contribution >= 0.6 is 23.4 Å². The van der Waals surface area contributed by atoms with Gasteiger partial charge in [-0.1, -0.05) is 30.3 Å². The zero-order chi connectivity index (χ0) is 14.0. The molecule has 2 rings (SSSR count). The minimum absolute atomic E-state index is 0.359. The van der Waals surface area contributed by atoms with E-state index in [9.17, 15) is 0 Å². The average molecular weight is 299 g/mol. The van der Waals surface area contributed by atoms with Crippen molar-refractivity contribution in [2.24, 2.45) is 4.99 Å². The van der Waals surface area contributed by atoms with Gasteiger partial charge in [-0.25, -0.2) is 0 Å². The Kier molecular flexibility index (Phi) is 4.63. The van der Waals surface area contributed by atoms with Gasteiger partial charge in [0.1, 0.15) is 5.75 Å². The molecule has 19 heavy (non-hydrogen) atoms. The van der Waals surface area contributed by atoms with Crippen molar-refractivity contribution in [3.63, 3.8) is 0 Å². The molecule has 0 radical (unpaired) electrons. The van der Waals surface area contributed by atoms with Crippen LogP contribution in [0.25, 0.3) is 0 Å². The molecular weight excluding hydrogens is 280 g/mol. The molecule has 0 saturated carbocycles. The number of rotatable bonds is 2. The predicted molar refractivity (Wildman–Crippen MR) is 84.9 cm³/mol. The summed E-state index contributed by atoms with van der Waals surface area (Å²) in [5.41, 5.74) is 1.93. The topological polar surface area (TPSA) is 33.6 Å². The van der Waals surface area contributed by atoms with Crippen LogP contribution in [0.3, 0.4) is 0 Å². The zero-order valence-electron chi connectivity index (χ0n) is 11.7. The van der Waals surface area contributed by atoms with E-state index in [1.165, 1.54) is 0 Å². The number of anilines is 1. The second-order valence-electron chi connectivity index (χ2n) is 4.87. The van der Waals surface area contributed by atoms with Gasteiger partial charge >= 0.3 is 0 Å². The highest BCUT2D eigenvalue weighted by atomic mass is 35.5. The van der Waals surface area contributed by atoms with Gasteiger partial charge in [0, 0.05) is 16.3 Å². The molecule has 1 heterocycles. The first kappa shape index (κ1) is 14.5. The van der Waals surface area contributed by atoms with Crippen molar-refractivity contribution in [2.75, 3.05) is 12.4 Å². The molecule has 0 bridgehead atoms. The molecule has 5 heteroatoms. The number of hydrogen-bond donors (Lipinski definition) is 1. The monoisotopic (exact) mass is 298 g/mol. The summed E-state index contributed by atoms with van der Waals surface area (Å²) < 4.78 is 5.37. The molecule has 0 amide bonds. The fraction of sp³-hybridized carbons (Fsp3) is 0.500. The molecule has 1 aliphatic rings. The third-order valence-electron chi connectivity index (χ3n) is 3.05. The van der Waals surface area contributed by atoms with Gasteiger partial charge in [-0.05, 0) is 31.9 Å². The third-order valence-corrected chi connectivity index (χ3v) is 4.48. The normalized spacial score (nSPS) is 22.9. The minimum atomic E-state index is 0.359. The van der Waals surface area contributed by atoms with Gasteiger partial charge in [0.2, 0.25) is 0 Å². The number of halogens is 1. The van der Waals surface area contributed by atoms with Crippen LogP contribution in [0.4, 0.5) is 5.69 Å². The maximum atomic E-state index is 6.11. The molecule has 2 atom stereocenters.